The molecule has 10 heteroatoms. The largest absolute Gasteiger partial charge is 0.417 e. The van der Waals surface area contributed by atoms with E-state index in [1.165, 1.54) is 0 Å². The molecule has 0 aromatic heterocycles. The van der Waals surface area contributed by atoms with Gasteiger partial charge in [-0.05, 0) is 142 Å². The lowest BCUT2D eigenvalue weighted by Crippen LogP contribution is -2.59. The molecule has 6 rings (SSSR count). The molecule has 5 saturated carbocycles. The molecule has 5 fully saturated rings. The van der Waals surface area contributed by atoms with Crippen LogP contribution in [-0.2, 0) is 9.84 Å². The molecule has 0 heterocycles. The summed E-state index contributed by atoms with van der Waals surface area (Å²) in [5.74, 6) is -2.10. The van der Waals surface area contributed by atoms with Crippen LogP contribution < -0.4 is 0 Å². The molecule has 2 N–H and O–H groups in total. The maximum absolute atomic E-state index is 14.3. The van der Waals surface area contributed by atoms with Gasteiger partial charge in [0, 0.05) is 12.8 Å². The van der Waals surface area contributed by atoms with Gasteiger partial charge in [0.25, 0.3) is 0 Å². The van der Waals surface area contributed by atoms with E-state index < -0.39 is 51.2 Å². The minimum atomic E-state index is -4.63. The van der Waals surface area contributed by atoms with Gasteiger partial charge in [-0.25, -0.2) is 17.2 Å². The Kier molecular flexibility index (Phi) is 9.02. The van der Waals surface area contributed by atoms with Crippen LogP contribution in [-0.4, -0.2) is 47.2 Å². The van der Waals surface area contributed by atoms with Crippen molar-refractivity contribution >= 4 is 9.84 Å². The van der Waals surface area contributed by atoms with Crippen molar-refractivity contribution < 1.29 is 40.6 Å². The van der Waals surface area contributed by atoms with Crippen molar-refractivity contribution in [1.82, 2.24) is 0 Å². The molecular weight excluding hydrogens is 635 g/mol. The Labute approximate surface area is 277 Å². The summed E-state index contributed by atoms with van der Waals surface area (Å²) in [5, 5.41) is 21.1. The van der Waals surface area contributed by atoms with Crippen LogP contribution in [0.15, 0.2) is 35.2 Å². The number of fused-ring (bicyclic) bond motifs is 5. The molecule has 10 atom stereocenters. The van der Waals surface area contributed by atoms with E-state index in [0.717, 1.165) is 32.1 Å². The number of hydrogen-bond acceptors (Lipinski definition) is 4. The van der Waals surface area contributed by atoms with E-state index in [9.17, 15) is 40.6 Å². The molecule has 47 heavy (non-hydrogen) atoms. The average molecular weight is 689 g/mol. The van der Waals surface area contributed by atoms with E-state index in [-0.39, 0.29) is 77.9 Å². The molecule has 0 spiro atoms. The van der Waals surface area contributed by atoms with Gasteiger partial charge in [-0.3, -0.25) is 0 Å². The maximum atomic E-state index is 14.3. The van der Waals surface area contributed by atoms with E-state index >= 15 is 0 Å². The maximum Gasteiger partial charge on any atom is 0.417 e. The van der Waals surface area contributed by atoms with Gasteiger partial charge in [-0.15, -0.1) is 0 Å². The highest BCUT2D eigenvalue weighted by molar-refractivity contribution is 7.92. The van der Waals surface area contributed by atoms with Crippen LogP contribution in [0.5, 0.6) is 0 Å². The van der Waals surface area contributed by atoms with Gasteiger partial charge in [-0.2, -0.15) is 13.2 Å². The van der Waals surface area contributed by atoms with Crippen LogP contribution in [0.3, 0.4) is 0 Å². The molecular formula is C37H53F5O4S. The fourth-order valence-corrected chi connectivity index (χ4v) is 14.0. The van der Waals surface area contributed by atoms with Crippen LogP contribution in [0.4, 0.5) is 22.0 Å². The Hall–Kier alpha value is -1.26. The third-order valence-electron chi connectivity index (χ3n) is 14.8. The number of sulfone groups is 1. The second-order valence-electron chi connectivity index (χ2n) is 17.0. The van der Waals surface area contributed by atoms with E-state index in [4.69, 9.17) is 0 Å². The van der Waals surface area contributed by atoms with Gasteiger partial charge in [0.2, 0.25) is 5.92 Å². The van der Waals surface area contributed by atoms with E-state index in [1.54, 1.807) is 30.3 Å². The fourth-order valence-electron chi connectivity index (χ4n) is 11.9. The average Bonchev–Trinajstić information content (AvgIpc) is 3.36. The fraction of sp³-hybridized carbons (Fsp3) is 0.838. The molecule has 1 aromatic carbocycles. The minimum Gasteiger partial charge on any atom is -0.390 e. The summed E-state index contributed by atoms with van der Waals surface area (Å²) in [6.07, 6.45) is -0.135. The number of halogens is 5. The molecule has 0 radical (unpaired) electrons. The molecule has 0 bridgehead atoms. The first-order chi connectivity index (χ1) is 21.7. The first-order valence-corrected chi connectivity index (χ1v) is 19.5. The van der Waals surface area contributed by atoms with Gasteiger partial charge in [0.15, 0.2) is 15.4 Å². The van der Waals surface area contributed by atoms with Crippen molar-refractivity contribution in [2.45, 2.75) is 151 Å². The zero-order chi connectivity index (χ0) is 34.3. The van der Waals surface area contributed by atoms with Gasteiger partial charge >= 0.3 is 6.18 Å². The molecule has 0 saturated heterocycles. The SMILES string of the molecule is C[C@H](C(CCC1(O)CCC(F)(F)CC1)S(=O)(=O)c1ccccc1)[C@H]1CC[C@H]2[C@@H]3CC[C@H]4C[C@](O)(C(F)(F)F)CC[C@]4(C)[C@H]3CC[C@]12C. The summed E-state index contributed by atoms with van der Waals surface area (Å²) < 4.78 is 98.0. The molecule has 1 unspecified atom stereocenters. The smallest absolute Gasteiger partial charge is 0.390 e. The number of hydrogen-bond donors (Lipinski definition) is 2. The van der Waals surface area contributed by atoms with E-state index in [1.807, 2.05) is 6.92 Å². The highest BCUT2D eigenvalue weighted by Gasteiger charge is 2.65. The molecule has 266 valence electrons. The summed E-state index contributed by atoms with van der Waals surface area (Å²) in [7, 11) is -3.80. The van der Waals surface area contributed by atoms with Crippen LogP contribution in [0.1, 0.15) is 117 Å². The third kappa shape index (κ3) is 6.10. The van der Waals surface area contributed by atoms with Crippen molar-refractivity contribution in [3.8, 4) is 0 Å². The van der Waals surface area contributed by atoms with Gasteiger partial charge in [0.1, 0.15) is 0 Å². The molecule has 0 amide bonds. The third-order valence-corrected chi connectivity index (χ3v) is 17.2. The van der Waals surface area contributed by atoms with Crippen molar-refractivity contribution in [3.05, 3.63) is 30.3 Å². The monoisotopic (exact) mass is 688 g/mol. The molecule has 4 nitrogen and oxygen atoms in total. The minimum absolute atomic E-state index is 0.0428. The van der Waals surface area contributed by atoms with Gasteiger partial charge < -0.3 is 10.2 Å². The standard InChI is InChI=1S/C37H53F5O4S/c1-24(31(47(45,46)26-7-5-4-6-8-26)14-16-34(43)18-21-36(38,39)22-19-34)28-11-12-29-27-10-9-25-23-35(44,37(40,41)42)20-17-32(25,2)30(27)13-15-33(28,29)3/h4-8,24-25,27-31,43-44H,9-23H2,1-3H3/t24-,25-,27-,28+,29-,30-,31?,32-,33+,35-/m0/s1. The summed E-state index contributed by atoms with van der Waals surface area (Å²) in [6.45, 7) is 6.51. The second kappa shape index (κ2) is 11.9. The first kappa shape index (κ1) is 35.6. The number of aliphatic hydroxyl groups is 2. The normalized spacial score (nSPS) is 41.3. The Morgan fingerprint density at radius 2 is 1.47 bits per heavy atom. The number of rotatable bonds is 7. The highest BCUT2D eigenvalue weighted by atomic mass is 32.2. The Morgan fingerprint density at radius 3 is 2.11 bits per heavy atom. The van der Waals surface area contributed by atoms with Crippen LogP contribution in [0, 0.1) is 46.3 Å². The predicted octanol–water partition coefficient (Wildman–Crippen LogP) is 9.14. The lowest BCUT2D eigenvalue weighted by atomic mass is 9.43. The van der Waals surface area contributed by atoms with Crippen LogP contribution in [0.25, 0.3) is 0 Å². The molecule has 5 aliphatic carbocycles. The second-order valence-corrected chi connectivity index (χ2v) is 19.2. The van der Waals surface area contributed by atoms with Crippen molar-refractivity contribution in [3.63, 3.8) is 0 Å². The summed E-state index contributed by atoms with van der Waals surface area (Å²) in [6, 6.07) is 8.40. The Morgan fingerprint density at radius 1 is 0.830 bits per heavy atom. The van der Waals surface area contributed by atoms with Crippen molar-refractivity contribution in [2.24, 2.45) is 46.3 Å². The zero-order valence-corrected chi connectivity index (χ0v) is 28.9. The topological polar surface area (TPSA) is 74.6 Å². The predicted molar refractivity (Wildman–Crippen MR) is 170 cm³/mol. The quantitative estimate of drug-likeness (QED) is 0.280. The van der Waals surface area contributed by atoms with Crippen molar-refractivity contribution in [2.75, 3.05) is 0 Å². The van der Waals surface area contributed by atoms with Gasteiger partial charge in [0.05, 0.1) is 15.7 Å². The lowest BCUT2D eigenvalue weighted by Gasteiger charge is -2.62. The van der Waals surface area contributed by atoms with E-state index in [2.05, 4.69) is 13.8 Å². The molecule has 1 aromatic rings. The lowest BCUT2D eigenvalue weighted by molar-refractivity contribution is -0.290. The van der Waals surface area contributed by atoms with Crippen LogP contribution >= 0.6 is 0 Å². The highest BCUT2D eigenvalue weighted by Crippen LogP contribution is 2.69. The molecule has 5 aliphatic rings. The number of alkyl halides is 5. The summed E-state index contributed by atoms with van der Waals surface area (Å²) in [4.78, 5) is 0.241. The number of benzene rings is 1. The zero-order valence-electron chi connectivity index (χ0n) is 28.0. The first-order valence-electron chi connectivity index (χ1n) is 17.9. The van der Waals surface area contributed by atoms with Crippen LogP contribution in [0.2, 0.25) is 0 Å². The molecule has 0 aliphatic heterocycles. The van der Waals surface area contributed by atoms with Gasteiger partial charge in [-0.1, -0.05) is 39.0 Å². The van der Waals surface area contributed by atoms with E-state index in [0.29, 0.717) is 24.7 Å². The summed E-state index contributed by atoms with van der Waals surface area (Å²) in [5.41, 5.74) is -4.29. The Balaban J connectivity index is 1.23. The Bertz CT molecular complexity index is 1390. The van der Waals surface area contributed by atoms with Crippen molar-refractivity contribution in [1.29, 1.82) is 0 Å². The summed E-state index contributed by atoms with van der Waals surface area (Å²) >= 11 is 0.